The average molecular weight is 376 g/mol. The largest absolute Gasteiger partial charge is 0.486 e. The van der Waals surface area contributed by atoms with E-state index in [4.69, 9.17) is 37.2 Å². The number of hydrogen-bond donors (Lipinski definition) is 0. The van der Waals surface area contributed by atoms with Crippen LogP contribution in [0.4, 0.5) is 0 Å². The summed E-state index contributed by atoms with van der Waals surface area (Å²) in [4.78, 5) is 0. The molecule has 0 bridgehead atoms. The van der Waals surface area contributed by atoms with E-state index in [0.29, 0.717) is 34.1 Å². The number of aromatic nitrogens is 1. The van der Waals surface area contributed by atoms with E-state index in [9.17, 15) is 0 Å². The van der Waals surface area contributed by atoms with Crippen LogP contribution in [0.5, 0.6) is 17.2 Å². The van der Waals surface area contributed by atoms with E-state index >= 15 is 0 Å². The Kier molecular flexibility index (Phi) is 4.55. The van der Waals surface area contributed by atoms with E-state index in [0.717, 1.165) is 17.2 Å². The summed E-state index contributed by atoms with van der Waals surface area (Å²) in [5.74, 6) is 3.28. The first-order chi connectivity index (χ1) is 12.2. The van der Waals surface area contributed by atoms with Crippen molar-refractivity contribution < 1.29 is 14.0 Å². The topological polar surface area (TPSA) is 44.5 Å². The highest BCUT2D eigenvalue weighted by Crippen LogP contribution is 2.39. The molecule has 0 aliphatic heterocycles. The van der Waals surface area contributed by atoms with Gasteiger partial charge in [-0.05, 0) is 55.3 Å². The molecule has 0 radical (unpaired) electrons. The van der Waals surface area contributed by atoms with E-state index in [1.54, 1.807) is 18.2 Å². The Morgan fingerprint density at radius 1 is 0.920 bits per heavy atom. The molecule has 6 heteroatoms. The Balaban J connectivity index is 1.36. The fourth-order valence-electron chi connectivity index (χ4n) is 2.45. The molecule has 4 rings (SSSR count). The quantitative estimate of drug-likeness (QED) is 0.512. The van der Waals surface area contributed by atoms with Crippen molar-refractivity contribution in [1.29, 1.82) is 0 Å². The Labute approximate surface area is 155 Å². The molecule has 1 aliphatic carbocycles. The van der Waals surface area contributed by atoms with Gasteiger partial charge in [-0.2, -0.15) is 0 Å². The first kappa shape index (κ1) is 16.3. The van der Waals surface area contributed by atoms with Gasteiger partial charge in [0.05, 0.1) is 5.69 Å². The van der Waals surface area contributed by atoms with Gasteiger partial charge >= 0.3 is 0 Å². The van der Waals surface area contributed by atoms with E-state index in [2.05, 4.69) is 5.16 Å². The molecule has 1 aliphatic rings. The van der Waals surface area contributed by atoms with Crippen molar-refractivity contribution in [1.82, 2.24) is 5.16 Å². The van der Waals surface area contributed by atoms with Crippen molar-refractivity contribution in [2.45, 2.75) is 25.4 Å². The molecule has 1 aromatic heterocycles. The van der Waals surface area contributed by atoms with Crippen LogP contribution in [0.1, 0.15) is 30.2 Å². The summed E-state index contributed by atoms with van der Waals surface area (Å²) in [5, 5.41) is 5.12. The fourth-order valence-corrected chi connectivity index (χ4v) is 2.96. The van der Waals surface area contributed by atoms with Crippen LogP contribution >= 0.6 is 23.2 Å². The molecule has 128 valence electrons. The summed E-state index contributed by atoms with van der Waals surface area (Å²) in [7, 11) is 0. The predicted molar refractivity (Wildman–Crippen MR) is 95.8 cm³/mol. The normalized spacial score (nSPS) is 13.7. The molecule has 2 aromatic carbocycles. The molecule has 0 atom stereocenters. The molecule has 0 unspecified atom stereocenters. The Morgan fingerprint density at radius 2 is 1.60 bits per heavy atom. The highest BCUT2D eigenvalue weighted by molar-refractivity contribution is 6.34. The van der Waals surface area contributed by atoms with Gasteiger partial charge in [0.1, 0.15) is 23.9 Å². The molecular weight excluding hydrogens is 361 g/mol. The third-order valence-corrected chi connectivity index (χ3v) is 4.29. The maximum atomic E-state index is 5.97. The molecule has 4 nitrogen and oxygen atoms in total. The lowest BCUT2D eigenvalue weighted by atomic mass is 10.3. The van der Waals surface area contributed by atoms with Gasteiger partial charge in [0.2, 0.25) is 0 Å². The number of hydrogen-bond acceptors (Lipinski definition) is 4. The van der Waals surface area contributed by atoms with Crippen molar-refractivity contribution in [3.05, 3.63) is 70.0 Å². The number of rotatable bonds is 6. The molecule has 1 heterocycles. The van der Waals surface area contributed by atoms with Crippen molar-refractivity contribution in [3.8, 4) is 17.2 Å². The maximum Gasteiger partial charge on any atom is 0.174 e. The van der Waals surface area contributed by atoms with Crippen LogP contribution < -0.4 is 9.47 Å². The van der Waals surface area contributed by atoms with Crippen LogP contribution in [0.2, 0.25) is 10.0 Å². The standard InChI is InChI=1S/C19H15Cl2NO3/c20-13-7-14(21)9-17(8-13)24-16-5-3-15(4-6-16)23-11-18-10-19(22-25-18)12-1-2-12/h3-10,12H,1-2,11H2. The maximum absolute atomic E-state index is 5.97. The second-order valence-electron chi connectivity index (χ2n) is 5.96. The van der Waals surface area contributed by atoms with Gasteiger partial charge < -0.3 is 14.0 Å². The smallest absolute Gasteiger partial charge is 0.174 e. The van der Waals surface area contributed by atoms with Crippen LogP contribution in [0, 0.1) is 0 Å². The van der Waals surface area contributed by atoms with E-state index in [-0.39, 0.29) is 0 Å². The summed E-state index contributed by atoms with van der Waals surface area (Å²) >= 11 is 11.9. The zero-order valence-corrected chi connectivity index (χ0v) is 14.8. The number of ether oxygens (including phenoxy) is 2. The van der Waals surface area contributed by atoms with Gasteiger partial charge in [-0.3, -0.25) is 0 Å². The van der Waals surface area contributed by atoms with Crippen LogP contribution in [-0.2, 0) is 6.61 Å². The molecule has 0 N–H and O–H groups in total. The summed E-state index contributed by atoms with van der Waals surface area (Å²) < 4.78 is 16.7. The molecule has 1 saturated carbocycles. The second-order valence-corrected chi connectivity index (χ2v) is 6.83. The van der Waals surface area contributed by atoms with E-state index in [1.165, 1.54) is 12.8 Å². The predicted octanol–water partition coefficient (Wildman–Crippen LogP) is 6.23. The molecule has 3 aromatic rings. The number of nitrogens with zero attached hydrogens (tertiary/aromatic N) is 1. The van der Waals surface area contributed by atoms with Crippen molar-refractivity contribution in [2.24, 2.45) is 0 Å². The van der Waals surface area contributed by atoms with Gasteiger partial charge in [-0.15, -0.1) is 0 Å². The highest BCUT2D eigenvalue weighted by atomic mass is 35.5. The second kappa shape index (κ2) is 6.98. The average Bonchev–Trinajstić information content (AvgIpc) is 3.32. The van der Waals surface area contributed by atoms with E-state index in [1.807, 2.05) is 30.3 Å². The van der Waals surface area contributed by atoms with Crippen molar-refractivity contribution in [3.63, 3.8) is 0 Å². The number of benzene rings is 2. The minimum Gasteiger partial charge on any atom is -0.486 e. The van der Waals surface area contributed by atoms with Crippen molar-refractivity contribution in [2.75, 3.05) is 0 Å². The zero-order chi connectivity index (χ0) is 17.2. The summed E-state index contributed by atoms with van der Waals surface area (Å²) in [6.45, 7) is 0.351. The Bertz CT molecular complexity index is 852. The molecule has 25 heavy (non-hydrogen) atoms. The zero-order valence-electron chi connectivity index (χ0n) is 13.2. The lowest BCUT2D eigenvalue weighted by Crippen LogP contribution is -1.93. The van der Waals surface area contributed by atoms with Crippen LogP contribution in [0.25, 0.3) is 0 Å². The highest BCUT2D eigenvalue weighted by Gasteiger charge is 2.27. The minimum absolute atomic E-state index is 0.351. The third kappa shape index (κ3) is 4.27. The van der Waals surface area contributed by atoms with Crippen LogP contribution in [0.3, 0.4) is 0 Å². The monoisotopic (exact) mass is 375 g/mol. The molecular formula is C19H15Cl2NO3. The first-order valence-corrected chi connectivity index (χ1v) is 8.73. The lowest BCUT2D eigenvalue weighted by Gasteiger charge is -2.08. The molecule has 0 amide bonds. The summed E-state index contributed by atoms with van der Waals surface area (Å²) in [6.07, 6.45) is 2.40. The summed E-state index contributed by atoms with van der Waals surface area (Å²) in [6, 6.07) is 14.3. The first-order valence-electron chi connectivity index (χ1n) is 7.98. The summed E-state index contributed by atoms with van der Waals surface area (Å²) in [5.41, 5.74) is 1.03. The lowest BCUT2D eigenvalue weighted by molar-refractivity contribution is 0.248. The van der Waals surface area contributed by atoms with Gasteiger partial charge in [0.15, 0.2) is 5.76 Å². The molecule has 1 fully saturated rings. The van der Waals surface area contributed by atoms with Crippen LogP contribution in [0.15, 0.2) is 53.1 Å². The molecule has 0 saturated heterocycles. The van der Waals surface area contributed by atoms with Crippen molar-refractivity contribution >= 4 is 23.2 Å². The third-order valence-electron chi connectivity index (χ3n) is 3.85. The van der Waals surface area contributed by atoms with Gasteiger partial charge in [0.25, 0.3) is 0 Å². The molecule has 0 spiro atoms. The van der Waals surface area contributed by atoms with Gasteiger partial charge in [-0.1, -0.05) is 28.4 Å². The number of halogens is 2. The minimum atomic E-state index is 0.351. The van der Waals surface area contributed by atoms with Crippen LogP contribution in [-0.4, -0.2) is 5.16 Å². The SMILES string of the molecule is Clc1cc(Cl)cc(Oc2ccc(OCc3cc(C4CC4)no3)cc2)c1. The fraction of sp³-hybridized carbons (Fsp3) is 0.211. The Hall–Kier alpha value is -2.17. The van der Waals surface area contributed by atoms with E-state index < -0.39 is 0 Å². The van der Waals surface area contributed by atoms with Gasteiger partial charge in [0, 0.05) is 22.0 Å². The van der Waals surface area contributed by atoms with Gasteiger partial charge in [-0.25, -0.2) is 0 Å². The Morgan fingerprint density at radius 3 is 2.28 bits per heavy atom.